The van der Waals surface area contributed by atoms with Crippen LogP contribution in [0.25, 0.3) is 0 Å². The Balaban J connectivity index is 1.86. The van der Waals surface area contributed by atoms with Gasteiger partial charge in [-0.1, -0.05) is 36.0 Å². The van der Waals surface area contributed by atoms with Gasteiger partial charge in [0.05, 0.1) is 20.5 Å². The number of nitro groups is 1. The summed E-state index contributed by atoms with van der Waals surface area (Å²) < 4.78 is 28.1. The van der Waals surface area contributed by atoms with Gasteiger partial charge in [-0.15, -0.1) is 0 Å². The summed E-state index contributed by atoms with van der Waals surface area (Å²) in [5.74, 6) is -0.669. The average molecular weight is 458 g/mol. The fraction of sp³-hybridized carbons (Fsp3) is 0.278. The fourth-order valence-corrected chi connectivity index (χ4v) is 5.26. The molecule has 0 heterocycles. The topological polar surface area (TPSA) is 118 Å². The summed E-state index contributed by atoms with van der Waals surface area (Å²) in [6.45, 7) is 0. The van der Waals surface area contributed by atoms with Gasteiger partial charge in [0, 0.05) is 23.9 Å². The van der Waals surface area contributed by atoms with E-state index in [0.717, 1.165) is 31.7 Å². The van der Waals surface area contributed by atoms with E-state index in [9.17, 15) is 23.3 Å². The molecule has 0 bridgehead atoms. The number of nitrogens with zero attached hydrogens (tertiary/aromatic N) is 1. The van der Waals surface area contributed by atoms with Crippen LogP contribution < -0.4 is 10.0 Å². The Kier molecular flexibility index (Phi) is 6.42. The first kappa shape index (κ1) is 21.5. The van der Waals surface area contributed by atoms with Crippen LogP contribution in [0, 0.1) is 10.1 Å². The van der Waals surface area contributed by atoms with Crippen molar-refractivity contribution >= 4 is 50.5 Å². The Hall–Kier alpha value is -2.20. The Labute approximate surface area is 177 Å². The summed E-state index contributed by atoms with van der Waals surface area (Å²) in [5, 5.41) is 13.1. The number of hydrogen-bond donors (Lipinski definition) is 2. The fourth-order valence-electron chi connectivity index (χ4n) is 3.10. The van der Waals surface area contributed by atoms with Gasteiger partial charge in [-0.2, -0.15) is 0 Å². The lowest BCUT2D eigenvalue weighted by molar-refractivity contribution is -0.384. The largest absolute Gasteiger partial charge is 0.322 e. The van der Waals surface area contributed by atoms with Gasteiger partial charge in [-0.25, -0.2) is 13.1 Å². The molecule has 0 unspecified atom stereocenters. The number of non-ortho nitro benzene ring substituents is 1. The van der Waals surface area contributed by atoms with E-state index < -0.39 is 20.9 Å². The second kappa shape index (κ2) is 8.66. The molecule has 3 rings (SSSR count). The Morgan fingerprint density at radius 2 is 1.69 bits per heavy atom. The lowest BCUT2D eigenvalue weighted by Crippen LogP contribution is -2.33. The first-order chi connectivity index (χ1) is 13.7. The smallest absolute Gasteiger partial charge is 0.269 e. The molecular formula is C18H17Cl2N3O5S. The highest BCUT2D eigenvalue weighted by atomic mass is 35.5. The summed E-state index contributed by atoms with van der Waals surface area (Å²) in [6.07, 6.45) is 3.39. The molecule has 8 nitrogen and oxygen atoms in total. The number of nitrogens with one attached hydrogen (secondary N) is 2. The van der Waals surface area contributed by atoms with Gasteiger partial charge in [0.25, 0.3) is 11.6 Å². The molecule has 2 aromatic rings. The normalized spacial score (nSPS) is 14.7. The summed E-state index contributed by atoms with van der Waals surface area (Å²) in [7, 11) is -3.93. The summed E-state index contributed by atoms with van der Waals surface area (Å²) in [4.78, 5) is 22.5. The van der Waals surface area contributed by atoms with Crippen molar-refractivity contribution in [2.75, 3.05) is 5.32 Å². The van der Waals surface area contributed by atoms with E-state index in [0.29, 0.717) is 5.69 Å². The minimum Gasteiger partial charge on any atom is -0.322 e. The van der Waals surface area contributed by atoms with Crippen molar-refractivity contribution in [2.45, 2.75) is 36.6 Å². The van der Waals surface area contributed by atoms with E-state index in [1.165, 1.54) is 30.3 Å². The number of hydrogen-bond acceptors (Lipinski definition) is 5. The third-order valence-electron chi connectivity index (χ3n) is 4.57. The Morgan fingerprint density at radius 3 is 2.28 bits per heavy atom. The highest BCUT2D eigenvalue weighted by Crippen LogP contribution is 2.30. The van der Waals surface area contributed by atoms with Crippen molar-refractivity contribution in [1.82, 2.24) is 4.72 Å². The lowest BCUT2D eigenvalue weighted by atomic mass is 10.2. The molecule has 2 aromatic carbocycles. The predicted molar refractivity (Wildman–Crippen MR) is 110 cm³/mol. The number of nitro benzene ring substituents is 1. The summed E-state index contributed by atoms with van der Waals surface area (Å²) >= 11 is 12.2. The van der Waals surface area contributed by atoms with Crippen LogP contribution in [-0.2, 0) is 10.0 Å². The minimum atomic E-state index is -3.93. The average Bonchev–Trinajstić information content (AvgIpc) is 3.14. The maximum absolute atomic E-state index is 12.7. The van der Waals surface area contributed by atoms with Gasteiger partial charge in [0.15, 0.2) is 0 Å². The molecule has 29 heavy (non-hydrogen) atoms. The van der Waals surface area contributed by atoms with Crippen LogP contribution in [0.15, 0.2) is 41.3 Å². The van der Waals surface area contributed by atoms with Gasteiger partial charge >= 0.3 is 0 Å². The van der Waals surface area contributed by atoms with E-state index in [1.807, 2.05) is 0 Å². The van der Waals surface area contributed by atoms with Crippen molar-refractivity contribution in [3.63, 3.8) is 0 Å². The van der Waals surface area contributed by atoms with Crippen molar-refractivity contribution < 1.29 is 18.1 Å². The van der Waals surface area contributed by atoms with E-state index in [4.69, 9.17) is 23.2 Å². The number of halogens is 2. The number of carbonyl (C=O) groups excluding carboxylic acids is 1. The number of benzene rings is 2. The van der Waals surface area contributed by atoms with Crippen LogP contribution >= 0.6 is 23.2 Å². The van der Waals surface area contributed by atoms with E-state index in [-0.39, 0.29) is 32.2 Å². The van der Waals surface area contributed by atoms with E-state index >= 15 is 0 Å². The van der Waals surface area contributed by atoms with Crippen molar-refractivity contribution in [1.29, 1.82) is 0 Å². The zero-order valence-corrected chi connectivity index (χ0v) is 17.4. The second-order valence-corrected chi connectivity index (χ2v) is 9.12. The molecule has 11 heteroatoms. The van der Waals surface area contributed by atoms with Gasteiger partial charge < -0.3 is 5.32 Å². The molecule has 2 N–H and O–H groups in total. The zero-order chi connectivity index (χ0) is 21.2. The minimum absolute atomic E-state index is 0.0192. The van der Waals surface area contributed by atoms with Crippen LogP contribution in [-0.4, -0.2) is 25.3 Å². The molecule has 0 aliphatic heterocycles. The van der Waals surface area contributed by atoms with Crippen LogP contribution in [0.2, 0.25) is 10.0 Å². The van der Waals surface area contributed by atoms with E-state index in [1.54, 1.807) is 0 Å². The number of sulfonamides is 1. The Morgan fingerprint density at radius 1 is 1.07 bits per heavy atom. The van der Waals surface area contributed by atoms with Gasteiger partial charge in [-0.3, -0.25) is 14.9 Å². The molecule has 1 amide bonds. The molecule has 0 atom stereocenters. The third-order valence-corrected chi connectivity index (χ3v) is 6.87. The van der Waals surface area contributed by atoms with E-state index in [2.05, 4.69) is 10.0 Å². The van der Waals surface area contributed by atoms with Crippen LogP contribution in [0.1, 0.15) is 36.0 Å². The molecule has 0 spiro atoms. The highest BCUT2D eigenvalue weighted by molar-refractivity contribution is 7.89. The molecule has 1 aliphatic rings. The first-order valence-corrected chi connectivity index (χ1v) is 11.0. The highest BCUT2D eigenvalue weighted by Gasteiger charge is 2.27. The maximum Gasteiger partial charge on any atom is 0.269 e. The van der Waals surface area contributed by atoms with Gasteiger partial charge in [-0.05, 0) is 37.1 Å². The third kappa shape index (κ3) is 5.05. The predicted octanol–water partition coefficient (Wildman–Crippen LogP) is 4.37. The lowest BCUT2D eigenvalue weighted by Gasteiger charge is -2.15. The first-order valence-electron chi connectivity index (χ1n) is 8.74. The number of amides is 1. The Bertz CT molecular complexity index is 1050. The monoisotopic (exact) mass is 457 g/mol. The van der Waals surface area contributed by atoms with Crippen molar-refractivity contribution in [3.05, 3.63) is 62.1 Å². The quantitative estimate of drug-likeness (QED) is 0.492. The van der Waals surface area contributed by atoms with Crippen molar-refractivity contribution in [2.24, 2.45) is 0 Å². The molecule has 154 valence electrons. The second-order valence-electron chi connectivity index (χ2n) is 6.62. The molecule has 1 fully saturated rings. The van der Waals surface area contributed by atoms with Gasteiger partial charge in [0.1, 0.15) is 4.90 Å². The maximum atomic E-state index is 12.7. The number of carbonyl (C=O) groups is 1. The van der Waals surface area contributed by atoms with Crippen LogP contribution in [0.5, 0.6) is 0 Å². The van der Waals surface area contributed by atoms with Crippen molar-refractivity contribution in [3.8, 4) is 0 Å². The number of anilines is 1. The van der Waals surface area contributed by atoms with Crippen LogP contribution in [0.3, 0.4) is 0 Å². The molecule has 1 aliphatic carbocycles. The van der Waals surface area contributed by atoms with Gasteiger partial charge in [0.2, 0.25) is 10.0 Å². The SMILES string of the molecule is O=C(Nc1ccc([N+](=O)[O-])cc1)c1cc(S(=O)(=O)NC2CCCC2)c(Cl)cc1Cl. The molecule has 0 aromatic heterocycles. The molecule has 0 radical (unpaired) electrons. The zero-order valence-electron chi connectivity index (χ0n) is 15.0. The molecule has 0 saturated heterocycles. The summed E-state index contributed by atoms with van der Waals surface area (Å²) in [5.41, 5.74) is 0.0835. The summed E-state index contributed by atoms with van der Waals surface area (Å²) in [6, 6.07) is 7.36. The molecule has 1 saturated carbocycles. The standard InChI is InChI=1S/C18H17Cl2N3O5S/c19-15-10-16(20)17(29(27,28)22-12-3-1-2-4-12)9-14(15)18(24)21-11-5-7-13(8-6-11)23(25)26/h5-10,12,22H,1-4H2,(H,21,24). The molecular weight excluding hydrogens is 441 g/mol. The van der Waals surface area contributed by atoms with Crippen LogP contribution in [0.4, 0.5) is 11.4 Å². The number of rotatable bonds is 6.